The van der Waals surface area contributed by atoms with Gasteiger partial charge in [0.1, 0.15) is 0 Å². The Morgan fingerprint density at radius 2 is 1.65 bits per heavy atom. The molecule has 0 atom stereocenters. The lowest BCUT2D eigenvalue weighted by atomic mass is 9.93. The predicted octanol–water partition coefficient (Wildman–Crippen LogP) is 3.48. The topological polar surface area (TPSA) is 36.2 Å². The van der Waals surface area contributed by atoms with Gasteiger partial charge in [-0.2, -0.15) is 4.57 Å². The molecule has 4 rings (SSSR count). The van der Waals surface area contributed by atoms with Crippen LogP contribution in [0.5, 0.6) is 0 Å². The van der Waals surface area contributed by atoms with E-state index in [0.717, 1.165) is 25.2 Å². The second-order valence-corrected chi connectivity index (χ2v) is 7.52. The fourth-order valence-electron chi connectivity index (χ4n) is 4.09. The van der Waals surface area contributed by atoms with Gasteiger partial charge in [-0.25, -0.2) is 0 Å². The molecular formula is C22H28N3O+. The van der Waals surface area contributed by atoms with Gasteiger partial charge in [0.05, 0.1) is 0 Å². The minimum Gasteiger partial charge on any atom is -0.372 e. The lowest BCUT2D eigenvalue weighted by Crippen LogP contribution is -2.40. The number of aryl methyl sites for hydroxylation is 2. The number of aromatic nitrogens is 1. The lowest BCUT2D eigenvalue weighted by molar-refractivity contribution is -0.684. The first-order valence-electron chi connectivity index (χ1n) is 9.94. The molecule has 4 nitrogen and oxygen atoms in total. The number of amides is 1. The molecule has 2 aromatic rings. The summed E-state index contributed by atoms with van der Waals surface area (Å²) in [6, 6.07) is 10.4. The summed E-state index contributed by atoms with van der Waals surface area (Å²) in [5.41, 5.74) is 4.97. The minimum absolute atomic E-state index is 0.0245. The first-order chi connectivity index (χ1) is 12.8. The predicted molar refractivity (Wildman–Crippen MR) is 104 cm³/mol. The first-order valence-corrected chi connectivity index (χ1v) is 9.94. The van der Waals surface area contributed by atoms with Crippen molar-refractivity contribution in [2.75, 3.05) is 23.3 Å². The molecule has 1 aliphatic carbocycles. The molecule has 1 fully saturated rings. The van der Waals surface area contributed by atoms with E-state index >= 15 is 0 Å². The van der Waals surface area contributed by atoms with Crippen molar-refractivity contribution in [1.82, 2.24) is 0 Å². The number of piperidine rings is 1. The zero-order valence-electron chi connectivity index (χ0n) is 15.4. The maximum atomic E-state index is 12.4. The standard InChI is InChI=1S/C22H27N3O/c26-22(17-24-15-12-18-6-2-3-7-19(18)16-24)23-20-8-10-21(11-9-20)25-13-4-1-5-14-25/h8-12,15-16H,1-7,13-14,17H2/p+1. The van der Waals surface area contributed by atoms with Crippen LogP contribution in [0.2, 0.25) is 0 Å². The van der Waals surface area contributed by atoms with E-state index in [1.807, 2.05) is 22.9 Å². The van der Waals surface area contributed by atoms with Crippen LogP contribution in [0.3, 0.4) is 0 Å². The van der Waals surface area contributed by atoms with E-state index in [4.69, 9.17) is 0 Å². The van der Waals surface area contributed by atoms with E-state index in [9.17, 15) is 4.79 Å². The molecule has 4 heteroatoms. The molecule has 0 radical (unpaired) electrons. The van der Waals surface area contributed by atoms with Crippen LogP contribution in [0, 0.1) is 0 Å². The van der Waals surface area contributed by atoms with Gasteiger partial charge in [0.15, 0.2) is 12.4 Å². The van der Waals surface area contributed by atoms with Crippen LogP contribution in [0.15, 0.2) is 42.7 Å². The van der Waals surface area contributed by atoms with E-state index in [0.29, 0.717) is 6.54 Å². The van der Waals surface area contributed by atoms with E-state index in [1.165, 1.54) is 55.3 Å². The molecule has 1 saturated heterocycles. The van der Waals surface area contributed by atoms with E-state index < -0.39 is 0 Å². The van der Waals surface area contributed by atoms with E-state index in [1.54, 1.807) is 0 Å². The van der Waals surface area contributed by atoms with Crippen molar-refractivity contribution in [3.05, 3.63) is 53.9 Å². The molecule has 1 N–H and O–H groups in total. The van der Waals surface area contributed by atoms with Gasteiger partial charge in [-0.3, -0.25) is 4.79 Å². The summed E-state index contributed by atoms with van der Waals surface area (Å²) in [7, 11) is 0. The van der Waals surface area contributed by atoms with Crippen LogP contribution < -0.4 is 14.8 Å². The number of nitrogens with one attached hydrogen (secondary N) is 1. The van der Waals surface area contributed by atoms with Gasteiger partial charge in [0, 0.05) is 36.1 Å². The molecular weight excluding hydrogens is 322 g/mol. The Bertz CT molecular complexity index is 763. The van der Waals surface area contributed by atoms with Gasteiger partial charge in [-0.15, -0.1) is 0 Å². The van der Waals surface area contributed by atoms with Crippen molar-refractivity contribution in [2.45, 2.75) is 51.5 Å². The van der Waals surface area contributed by atoms with Crippen molar-refractivity contribution in [3.63, 3.8) is 0 Å². The van der Waals surface area contributed by atoms with Crippen molar-refractivity contribution in [3.8, 4) is 0 Å². The SMILES string of the molecule is O=C(C[n+]1ccc2c(c1)CCCC2)Nc1ccc(N2CCCCC2)cc1. The zero-order chi connectivity index (χ0) is 17.8. The van der Waals surface area contributed by atoms with Gasteiger partial charge < -0.3 is 10.2 Å². The van der Waals surface area contributed by atoms with Gasteiger partial charge in [0.2, 0.25) is 6.54 Å². The largest absolute Gasteiger partial charge is 0.372 e. The Balaban J connectivity index is 1.35. The number of nitrogens with zero attached hydrogens (tertiary/aromatic N) is 2. The number of carbonyl (C=O) groups excluding carboxylic acids is 1. The van der Waals surface area contributed by atoms with Crippen LogP contribution >= 0.6 is 0 Å². The van der Waals surface area contributed by atoms with Gasteiger partial charge in [0.25, 0.3) is 5.91 Å². The normalized spacial score (nSPS) is 16.8. The Kier molecular flexibility index (Phi) is 5.19. The molecule has 0 spiro atoms. The van der Waals surface area contributed by atoms with E-state index in [-0.39, 0.29) is 5.91 Å². The lowest BCUT2D eigenvalue weighted by Gasteiger charge is -2.28. The number of pyridine rings is 1. The summed E-state index contributed by atoms with van der Waals surface area (Å²) in [5.74, 6) is 0.0245. The fraction of sp³-hybridized carbons (Fsp3) is 0.455. The van der Waals surface area contributed by atoms with Crippen LogP contribution in [0.25, 0.3) is 0 Å². The van der Waals surface area contributed by atoms with Gasteiger partial charge in [-0.05, 0) is 74.8 Å². The van der Waals surface area contributed by atoms with Crippen molar-refractivity contribution in [1.29, 1.82) is 0 Å². The Hall–Kier alpha value is -2.36. The summed E-state index contributed by atoms with van der Waals surface area (Å²) >= 11 is 0. The Labute approximate surface area is 155 Å². The summed E-state index contributed by atoms with van der Waals surface area (Å²) in [5, 5.41) is 3.02. The van der Waals surface area contributed by atoms with Gasteiger partial charge >= 0.3 is 0 Å². The summed E-state index contributed by atoms with van der Waals surface area (Å²) in [4.78, 5) is 14.8. The number of rotatable bonds is 4. The Morgan fingerprint density at radius 1 is 0.923 bits per heavy atom. The highest BCUT2D eigenvalue weighted by atomic mass is 16.1. The number of hydrogen-bond donors (Lipinski definition) is 1. The van der Waals surface area contributed by atoms with Crippen LogP contribution in [0.1, 0.15) is 43.2 Å². The second-order valence-electron chi connectivity index (χ2n) is 7.52. The van der Waals surface area contributed by atoms with Crippen molar-refractivity contribution >= 4 is 17.3 Å². The first kappa shape index (κ1) is 17.1. The number of benzene rings is 1. The monoisotopic (exact) mass is 350 g/mol. The zero-order valence-corrected chi connectivity index (χ0v) is 15.4. The molecule has 1 aromatic carbocycles. The molecule has 2 aliphatic rings. The van der Waals surface area contributed by atoms with Crippen molar-refractivity contribution in [2.24, 2.45) is 0 Å². The third kappa shape index (κ3) is 4.06. The average Bonchev–Trinajstić information content (AvgIpc) is 2.69. The van der Waals surface area contributed by atoms with E-state index in [2.05, 4.69) is 34.6 Å². The number of anilines is 2. The molecule has 1 aromatic heterocycles. The Morgan fingerprint density at radius 3 is 2.42 bits per heavy atom. The molecule has 0 unspecified atom stereocenters. The second kappa shape index (κ2) is 7.90. The summed E-state index contributed by atoms with van der Waals surface area (Å²) < 4.78 is 2.00. The fourth-order valence-corrected chi connectivity index (χ4v) is 4.09. The smallest absolute Gasteiger partial charge is 0.290 e. The van der Waals surface area contributed by atoms with Crippen LogP contribution in [-0.4, -0.2) is 19.0 Å². The highest BCUT2D eigenvalue weighted by Crippen LogP contribution is 2.22. The van der Waals surface area contributed by atoms with Crippen LogP contribution in [-0.2, 0) is 24.2 Å². The summed E-state index contributed by atoms with van der Waals surface area (Å²) in [6.45, 7) is 2.64. The molecule has 26 heavy (non-hydrogen) atoms. The molecule has 1 amide bonds. The molecule has 0 saturated carbocycles. The maximum absolute atomic E-state index is 12.4. The average molecular weight is 350 g/mol. The van der Waals surface area contributed by atoms with Crippen LogP contribution in [0.4, 0.5) is 11.4 Å². The third-order valence-electron chi connectivity index (χ3n) is 5.54. The molecule has 2 heterocycles. The minimum atomic E-state index is 0.0245. The third-order valence-corrected chi connectivity index (χ3v) is 5.54. The highest BCUT2D eigenvalue weighted by Gasteiger charge is 2.16. The highest BCUT2D eigenvalue weighted by molar-refractivity contribution is 5.89. The number of fused-ring (bicyclic) bond motifs is 1. The number of hydrogen-bond acceptors (Lipinski definition) is 2. The quantitative estimate of drug-likeness (QED) is 0.857. The summed E-state index contributed by atoms with van der Waals surface area (Å²) in [6.07, 6.45) is 12.9. The maximum Gasteiger partial charge on any atom is 0.290 e. The molecule has 136 valence electrons. The van der Waals surface area contributed by atoms with Gasteiger partial charge in [-0.1, -0.05) is 0 Å². The molecule has 0 bridgehead atoms. The number of carbonyl (C=O) groups is 1. The van der Waals surface area contributed by atoms with Crippen molar-refractivity contribution < 1.29 is 9.36 Å². The molecule has 1 aliphatic heterocycles.